The van der Waals surface area contributed by atoms with E-state index in [1.54, 1.807) is 42.5 Å². The largest absolute Gasteiger partial charge is 0.425 e. The molecule has 2 heterocycles. The second-order valence-electron chi connectivity index (χ2n) is 7.19. The summed E-state index contributed by atoms with van der Waals surface area (Å²) in [6, 6.07) is 15.0. The van der Waals surface area contributed by atoms with Crippen LogP contribution < -0.4 is 5.63 Å². The zero-order valence-electron chi connectivity index (χ0n) is 15.1. The van der Waals surface area contributed by atoms with Gasteiger partial charge in [-0.1, -0.05) is 44.2 Å². The fraction of sp³-hybridized carbons (Fsp3) is 0.227. The molecular weight excluding hydrogens is 342 g/mol. The van der Waals surface area contributed by atoms with Crippen LogP contribution in [-0.4, -0.2) is 16.7 Å². The Morgan fingerprint density at radius 1 is 0.889 bits per heavy atom. The maximum absolute atomic E-state index is 12.9. The predicted octanol–water partition coefficient (Wildman–Crippen LogP) is 4.18. The van der Waals surface area contributed by atoms with E-state index in [0.29, 0.717) is 28.7 Å². The standard InChI is InChI=1S/C22H19NO4/c1-13(2)11-18(19-12-14-7-3-4-8-15(14)22(26)27-19)23-20(24)16-9-5-6-10-17(16)21(23)25/h3-10,12-13,18H,11H2,1-2H3/t18-/m0/s1. The molecule has 0 radical (unpaired) electrons. The molecule has 136 valence electrons. The molecule has 2 aromatic carbocycles. The van der Waals surface area contributed by atoms with Crippen LogP contribution in [0, 0.1) is 5.92 Å². The maximum Gasteiger partial charge on any atom is 0.343 e. The number of rotatable bonds is 4. The monoisotopic (exact) mass is 361 g/mol. The molecule has 5 nitrogen and oxygen atoms in total. The van der Waals surface area contributed by atoms with Crippen LogP contribution in [-0.2, 0) is 0 Å². The molecule has 1 aromatic heterocycles. The van der Waals surface area contributed by atoms with E-state index in [1.165, 1.54) is 4.90 Å². The van der Waals surface area contributed by atoms with Crippen LogP contribution in [0.15, 0.2) is 63.8 Å². The Labute approximate surface area is 156 Å². The Balaban J connectivity index is 1.85. The summed E-state index contributed by atoms with van der Waals surface area (Å²) >= 11 is 0. The summed E-state index contributed by atoms with van der Waals surface area (Å²) in [4.78, 5) is 39.5. The summed E-state index contributed by atoms with van der Waals surface area (Å²) in [5.41, 5.74) is 0.312. The smallest absolute Gasteiger partial charge is 0.343 e. The van der Waals surface area contributed by atoms with E-state index >= 15 is 0 Å². The van der Waals surface area contributed by atoms with Crippen LogP contribution >= 0.6 is 0 Å². The molecule has 0 N–H and O–H groups in total. The summed E-state index contributed by atoms with van der Waals surface area (Å²) < 4.78 is 5.56. The van der Waals surface area contributed by atoms with Crippen molar-refractivity contribution in [3.63, 3.8) is 0 Å². The molecule has 0 fully saturated rings. The van der Waals surface area contributed by atoms with Gasteiger partial charge in [0.2, 0.25) is 0 Å². The van der Waals surface area contributed by atoms with Gasteiger partial charge in [0.1, 0.15) is 5.76 Å². The first-order chi connectivity index (χ1) is 13.0. The number of imide groups is 1. The molecule has 5 heteroatoms. The summed E-state index contributed by atoms with van der Waals surface area (Å²) in [6.45, 7) is 4.01. The highest BCUT2D eigenvalue weighted by molar-refractivity contribution is 6.21. The van der Waals surface area contributed by atoms with Crippen LogP contribution in [0.3, 0.4) is 0 Å². The van der Waals surface area contributed by atoms with Gasteiger partial charge in [0.15, 0.2) is 0 Å². The third-order valence-electron chi connectivity index (χ3n) is 4.85. The minimum Gasteiger partial charge on any atom is -0.425 e. The van der Waals surface area contributed by atoms with Crippen molar-refractivity contribution in [2.45, 2.75) is 26.3 Å². The van der Waals surface area contributed by atoms with Crippen molar-refractivity contribution in [3.8, 4) is 0 Å². The number of hydrogen-bond donors (Lipinski definition) is 0. The Kier molecular flexibility index (Phi) is 4.15. The first-order valence-electron chi connectivity index (χ1n) is 8.97. The van der Waals surface area contributed by atoms with Crippen LogP contribution in [0.1, 0.15) is 52.8 Å². The van der Waals surface area contributed by atoms with Crippen molar-refractivity contribution in [2.75, 3.05) is 0 Å². The Hall–Kier alpha value is -3.21. The molecule has 1 aliphatic rings. The fourth-order valence-electron chi connectivity index (χ4n) is 3.60. The van der Waals surface area contributed by atoms with E-state index in [1.807, 2.05) is 26.0 Å². The van der Waals surface area contributed by atoms with Gasteiger partial charge in [0.05, 0.1) is 22.6 Å². The van der Waals surface area contributed by atoms with Crippen molar-refractivity contribution in [1.82, 2.24) is 4.90 Å². The number of nitrogens with zero attached hydrogens (tertiary/aromatic N) is 1. The van der Waals surface area contributed by atoms with E-state index < -0.39 is 11.7 Å². The lowest BCUT2D eigenvalue weighted by atomic mass is 9.99. The molecular formula is C22H19NO4. The SMILES string of the molecule is CC(C)C[C@@H](c1cc2ccccc2c(=O)o1)N1C(=O)c2ccccc2C1=O. The number of amides is 2. The summed E-state index contributed by atoms with van der Waals surface area (Å²) in [6.07, 6.45) is 0.507. The molecule has 0 aliphatic carbocycles. The number of carbonyl (C=O) groups excluding carboxylic acids is 2. The van der Waals surface area contributed by atoms with Crippen molar-refractivity contribution >= 4 is 22.6 Å². The van der Waals surface area contributed by atoms with Crippen molar-refractivity contribution in [2.24, 2.45) is 5.92 Å². The topological polar surface area (TPSA) is 67.6 Å². The fourth-order valence-corrected chi connectivity index (χ4v) is 3.60. The van der Waals surface area contributed by atoms with Crippen LogP contribution in [0.4, 0.5) is 0 Å². The molecule has 2 amide bonds. The van der Waals surface area contributed by atoms with Crippen molar-refractivity contribution in [3.05, 3.63) is 81.9 Å². The van der Waals surface area contributed by atoms with Gasteiger partial charge in [-0.15, -0.1) is 0 Å². The molecule has 1 atom stereocenters. The lowest BCUT2D eigenvalue weighted by Crippen LogP contribution is -2.35. The summed E-state index contributed by atoms with van der Waals surface area (Å²) in [7, 11) is 0. The van der Waals surface area contributed by atoms with E-state index in [9.17, 15) is 14.4 Å². The molecule has 0 unspecified atom stereocenters. The molecule has 4 rings (SSSR count). The van der Waals surface area contributed by atoms with Crippen LogP contribution in [0.5, 0.6) is 0 Å². The lowest BCUT2D eigenvalue weighted by molar-refractivity contribution is 0.0539. The van der Waals surface area contributed by atoms with Gasteiger partial charge < -0.3 is 4.42 Å². The van der Waals surface area contributed by atoms with E-state index in [0.717, 1.165) is 5.39 Å². The molecule has 0 saturated heterocycles. The zero-order chi connectivity index (χ0) is 19.1. The quantitative estimate of drug-likeness (QED) is 0.654. The van der Waals surface area contributed by atoms with Gasteiger partial charge in [-0.25, -0.2) is 4.79 Å². The second-order valence-corrected chi connectivity index (χ2v) is 7.19. The number of benzene rings is 2. The molecule has 0 bridgehead atoms. The second kappa shape index (κ2) is 6.50. The van der Waals surface area contributed by atoms with Gasteiger partial charge in [0.25, 0.3) is 11.8 Å². The van der Waals surface area contributed by atoms with E-state index in [4.69, 9.17) is 4.42 Å². The highest BCUT2D eigenvalue weighted by Crippen LogP contribution is 2.35. The minimum atomic E-state index is -0.630. The van der Waals surface area contributed by atoms with Crippen molar-refractivity contribution < 1.29 is 14.0 Å². The molecule has 0 saturated carbocycles. The Morgan fingerprint density at radius 2 is 1.48 bits per heavy atom. The summed E-state index contributed by atoms with van der Waals surface area (Å²) in [5, 5.41) is 1.21. The molecule has 1 aliphatic heterocycles. The van der Waals surface area contributed by atoms with Gasteiger partial charge in [0, 0.05) is 0 Å². The highest BCUT2D eigenvalue weighted by Gasteiger charge is 2.41. The zero-order valence-corrected chi connectivity index (χ0v) is 15.1. The molecule has 3 aromatic rings. The maximum atomic E-state index is 12.9. The van der Waals surface area contributed by atoms with Gasteiger partial charge >= 0.3 is 5.63 Å². The molecule has 0 spiro atoms. The number of fused-ring (bicyclic) bond motifs is 2. The average Bonchev–Trinajstić information content (AvgIpc) is 2.91. The normalized spacial score (nSPS) is 14.9. The lowest BCUT2D eigenvalue weighted by Gasteiger charge is -2.26. The average molecular weight is 361 g/mol. The first kappa shape index (κ1) is 17.2. The van der Waals surface area contributed by atoms with Crippen LogP contribution in [0.2, 0.25) is 0 Å². The minimum absolute atomic E-state index is 0.191. The molecule has 27 heavy (non-hydrogen) atoms. The van der Waals surface area contributed by atoms with Crippen molar-refractivity contribution in [1.29, 1.82) is 0 Å². The predicted molar refractivity (Wildman–Crippen MR) is 102 cm³/mol. The summed E-state index contributed by atoms with van der Waals surface area (Å²) in [5.74, 6) is -0.174. The van der Waals surface area contributed by atoms with Crippen LogP contribution in [0.25, 0.3) is 10.8 Å². The van der Waals surface area contributed by atoms with Gasteiger partial charge in [-0.2, -0.15) is 0 Å². The number of carbonyl (C=O) groups is 2. The van der Waals surface area contributed by atoms with E-state index in [2.05, 4.69) is 0 Å². The van der Waals surface area contributed by atoms with Gasteiger partial charge in [-0.05, 0) is 42.0 Å². The number of hydrogen-bond acceptors (Lipinski definition) is 4. The van der Waals surface area contributed by atoms with E-state index in [-0.39, 0.29) is 17.7 Å². The Bertz CT molecular complexity index is 1080. The van der Waals surface area contributed by atoms with Gasteiger partial charge in [-0.3, -0.25) is 14.5 Å². The third kappa shape index (κ3) is 2.85. The first-order valence-corrected chi connectivity index (χ1v) is 8.97. The third-order valence-corrected chi connectivity index (χ3v) is 4.85. The highest BCUT2D eigenvalue weighted by atomic mass is 16.4. The Morgan fingerprint density at radius 3 is 2.11 bits per heavy atom.